The number of carbonyl (C=O) groups is 1. The molecule has 1 aromatic carbocycles. The van der Waals surface area contributed by atoms with E-state index >= 15 is 0 Å². The Hall–Kier alpha value is -1.34. The molecule has 0 aliphatic carbocycles. The fourth-order valence-electron chi connectivity index (χ4n) is 1.82. The minimum absolute atomic E-state index is 0.238. The van der Waals surface area contributed by atoms with Gasteiger partial charge in [-0.25, -0.2) is 0 Å². The van der Waals surface area contributed by atoms with Gasteiger partial charge in [0.2, 0.25) is 0 Å². The molecule has 0 spiro atoms. The van der Waals surface area contributed by atoms with Crippen molar-refractivity contribution in [3.8, 4) is 11.4 Å². The van der Waals surface area contributed by atoms with Gasteiger partial charge in [-0.15, -0.1) is 10.2 Å². The number of thioether (sulfide) groups is 1. The molecule has 0 unspecified atom stereocenters. The second kappa shape index (κ2) is 7.61. The molecule has 0 radical (unpaired) electrons. The van der Waals surface area contributed by atoms with E-state index in [0.717, 1.165) is 27.6 Å². The van der Waals surface area contributed by atoms with Crippen molar-refractivity contribution >= 4 is 33.7 Å². The highest BCUT2D eigenvalue weighted by molar-refractivity contribution is 9.10. The Morgan fingerprint density at radius 2 is 2.00 bits per heavy atom. The van der Waals surface area contributed by atoms with Crippen LogP contribution in [0.25, 0.3) is 11.4 Å². The Kier molecular flexibility index (Phi) is 5.81. The zero-order valence-electron chi connectivity index (χ0n) is 11.9. The van der Waals surface area contributed by atoms with Crippen molar-refractivity contribution in [2.45, 2.75) is 25.5 Å². The van der Waals surface area contributed by atoms with Crippen LogP contribution < -0.4 is 0 Å². The number of halogens is 1. The van der Waals surface area contributed by atoms with Crippen LogP contribution in [0.2, 0.25) is 0 Å². The molecular formula is C14H16BrN3O2S. The van der Waals surface area contributed by atoms with Crippen molar-refractivity contribution in [3.63, 3.8) is 0 Å². The summed E-state index contributed by atoms with van der Waals surface area (Å²) in [7, 11) is 0. The molecule has 0 aliphatic rings. The van der Waals surface area contributed by atoms with Crippen LogP contribution in [0.4, 0.5) is 0 Å². The van der Waals surface area contributed by atoms with Gasteiger partial charge in [0, 0.05) is 16.6 Å². The molecule has 112 valence electrons. The van der Waals surface area contributed by atoms with Gasteiger partial charge in [0.15, 0.2) is 11.0 Å². The summed E-state index contributed by atoms with van der Waals surface area (Å²) in [5, 5.41) is 9.14. The van der Waals surface area contributed by atoms with Crippen LogP contribution in [0.5, 0.6) is 0 Å². The van der Waals surface area contributed by atoms with Gasteiger partial charge in [-0.2, -0.15) is 0 Å². The number of carbonyl (C=O) groups excluding carboxylic acids is 1. The Morgan fingerprint density at radius 3 is 2.62 bits per heavy atom. The van der Waals surface area contributed by atoms with Crippen molar-refractivity contribution in [1.82, 2.24) is 14.8 Å². The predicted octanol–water partition coefficient (Wildman–Crippen LogP) is 3.38. The van der Waals surface area contributed by atoms with E-state index in [-0.39, 0.29) is 11.7 Å². The molecule has 0 saturated carbocycles. The highest BCUT2D eigenvalue weighted by Crippen LogP contribution is 2.25. The number of aromatic nitrogens is 3. The maximum Gasteiger partial charge on any atom is 0.316 e. The predicted molar refractivity (Wildman–Crippen MR) is 86.2 cm³/mol. The zero-order valence-corrected chi connectivity index (χ0v) is 14.3. The maximum absolute atomic E-state index is 11.4. The lowest BCUT2D eigenvalue weighted by Crippen LogP contribution is -2.08. The molecule has 0 aliphatic heterocycles. The van der Waals surface area contributed by atoms with E-state index in [0.29, 0.717) is 6.61 Å². The molecule has 2 rings (SSSR count). The van der Waals surface area contributed by atoms with Gasteiger partial charge >= 0.3 is 5.97 Å². The molecule has 21 heavy (non-hydrogen) atoms. The Morgan fingerprint density at radius 1 is 1.29 bits per heavy atom. The van der Waals surface area contributed by atoms with Crippen LogP contribution in [0.3, 0.4) is 0 Å². The number of hydrogen-bond donors (Lipinski definition) is 0. The lowest BCUT2D eigenvalue weighted by Gasteiger charge is -2.07. The molecule has 0 amide bonds. The van der Waals surface area contributed by atoms with E-state index < -0.39 is 0 Å². The second-order valence-electron chi connectivity index (χ2n) is 4.15. The summed E-state index contributed by atoms with van der Waals surface area (Å²) in [5.41, 5.74) is 0.996. The molecule has 0 N–H and O–H groups in total. The van der Waals surface area contributed by atoms with Crippen LogP contribution in [-0.2, 0) is 16.1 Å². The van der Waals surface area contributed by atoms with Crippen molar-refractivity contribution in [3.05, 3.63) is 28.7 Å². The molecule has 1 aromatic heterocycles. The Balaban J connectivity index is 2.18. The van der Waals surface area contributed by atoms with Gasteiger partial charge < -0.3 is 9.30 Å². The van der Waals surface area contributed by atoms with Gasteiger partial charge in [0.25, 0.3) is 0 Å². The van der Waals surface area contributed by atoms with Gasteiger partial charge in [-0.05, 0) is 26.0 Å². The van der Waals surface area contributed by atoms with Crippen LogP contribution in [0.15, 0.2) is 33.9 Å². The third-order valence-corrected chi connectivity index (χ3v) is 4.23. The summed E-state index contributed by atoms with van der Waals surface area (Å²) < 4.78 is 7.93. The number of rotatable bonds is 6. The number of benzene rings is 1. The summed E-state index contributed by atoms with van der Waals surface area (Å²) in [6.45, 7) is 4.95. The fourth-order valence-corrected chi connectivity index (χ4v) is 2.88. The minimum atomic E-state index is -0.238. The smallest absolute Gasteiger partial charge is 0.316 e. The lowest BCUT2D eigenvalue weighted by molar-refractivity contribution is -0.139. The highest BCUT2D eigenvalue weighted by Gasteiger charge is 2.14. The number of nitrogens with zero attached hydrogens (tertiary/aromatic N) is 3. The monoisotopic (exact) mass is 369 g/mol. The van der Waals surface area contributed by atoms with Crippen LogP contribution in [-0.4, -0.2) is 33.1 Å². The molecule has 0 fully saturated rings. The van der Waals surface area contributed by atoms with Crippen molar-refractivity contribution in [2.75, 3.05) is 12.4 Å². The first-order valence-electron chi connectivity index (χ1n) is 6.63. The Bertz CT molecular complexity index is 613. The summed E-state index contributed by atoms with van der Waals surface area (Å²) in [6.07, 6.45) is 0. The average molecular weight is 370 g/mol. The van der Waals surface area contributed by atoms with Gasteiger partial charge in [0.05, 0.1) is 12.4 Å². The average Bonchev–Trinajstić information content (AvgIpc) is 2.89. The standard InChI is InChI=1S/C14H16BrN3O2S/c1-3-18-13(10-5-7-11(15)8-6-10)16-17-14(18)21-9-12(19)20-4-2/h5-8H,3-4,9H2,1-2H3. The van der Waals surface area contributed by atoms with E-state index in [4.69, 9.17) is 4.74 Å². The van der Waals surface area contributed by atoms with Gasteiger partial charge in [0.1, 0.15) is 0 Å². The largest absolute Gasteiger partial charge is 0.465 e. The first-order valence-corrected chi connectivity index (χ1v) is 8.41. The van der Waals surface area contributed by atoms with Crippen molar-refractivity contribution < 1.29 is 9.53 Å². The van der Waals surface area contributed by atoms with Gasteiger partial charge in [-0.1, -0.05) is 39.8 Å². The van der Waals surface area contributed by atoms with E-state index in [1.807, 2.05) is 35.8 Å². The number of esters is 1. The number of ether oxygens (including phenoxy) is 1. The summed E-state index contributed by atoms with van der Waals surface area (Å²) in [4.78, 5) is 11.4. The van der Waals surface area contributed by atoms with Gasteiger partial charge in [-0.3, -0.25) is 4.79 Å². The first-order chi connectivity index (χ1) is 10.2. The lowest BCUT2D eigenvalue weighted by atomic mass is 10.2. The van der Waals surface area contributed by atoms with E-state index in [9.17, 15) is 4.79 Å². The molecular weight excluding hydrogens is 354 g/mol. The summed E-state index contributed by atoms with van der Waals surface area (Å²) >= 11 is 4.76. The fraction of sp³-hybridized carbons (Fsp3) is 0.357. The Labute approximate surface area is 136 Å². The maximum atomic E-state index is 11.4. The first kappa shape index (κ1) is 16.0. The third kappa shape index (κ3) is 4.07. The third-order valence-electron chi connectivity index (χ3n) is 2.76. The van der Waals surface area contributed by atoms with Crippen LogP contribution in [0, 0.1) is 0 Å². The molecule has 0 saturated heterocycles. The molecule has 2 aromatic rings. The van der Waals surface area contributed by atoms with Crippen LogP contribution >= 0.6 is 27.7 Å². The van der Waals surface area contributed by atoms with Crippen molar-refractivity contribution in [1.29, 1.82) is 0 Å². The molecule has 0 bridgehead atoms. The molecule has 7 heteroatoms. The van der Waals surface area contributed by atoms with Crippen LogP contribution in [0.1, 0.15) is 13.8 Å². The molecule has 1 heterocycles. The van der Waals surface area contributed by atoms with E-state index in [1.54, 1.807) is 6.92 Å². The summed E-state index contributed by atoms with van der Waals surface area (Å²) in [6, 6.07) is 7.91. The number of hydrogen-bond acceptors (Lipinski definition) is 5. The normalized spacial score (nSPS) is 10.6. The van der Waals surface area contributed by atoms with Crippen molar-refractivity contribution in [2.24, 2.45) is 0 Å². The SMILES string of the molecule is CCOC(=O)CSc1nnc(-c2ccc(Br)cc2)n1CC. The zero-order chi connectivity index (χ0) is 15.2. The topological polar surface area (TPSA) is 57.0 Å². The quantitative estimate of drug-likeness (QED) is 0.576. The second-order valence-corrected chi connectivity index (χ2v) is 6.01. The van der Waals surface area contributed by atoms with E-state index in [2.05, 4.69) is 26.1 Å². The van der Waals surface area contributed by atoms with E-state index in [1.165, 1.54) is 11.8 Å². The molecule has 0 atom stereocenters. The minimum Gasteiger partial charge on any atom is -0.465 e. The molecule has 5 nitrogen and oxygen atoms in total. The highest BCUT2D eigenvalue weighted by atomic mass is 79.9. The summed E-state index contributed by atoms with van der Waals surface area (Å²) in [5.74, 6) is 0.807.